The first-order valence-electron chi connectivity index (χ1n) is 6.70. The lowest BCUT2D eigenvalue weighted by atomic mass is 9.97. The molecule has 1 N–H and O–H groups in total. The van der Waals surface area contributed by atoms with Gasteiger partial charge in [-0.1, -0.05) is 6.07 Å². The fourth-order valence-electron chi connectivity index (χ4n) is 2.85. The molecule has 0 saturated carbocycles. The van der Waals surface area contributed by atoms with E-state index in [0.29, 0.717) is 23.5 Å². The van der Waals surface area contributed by atoms with Gasteiger partial charge < -0.3 is 9.88 Å². The van der Waals surface area contributed by atoms with Crippen LogP contribution < -0.4 is 5.69 Å². The van der Waals surface area contributed by atoms with Gasteiger partial charge in [-0.05, 0) is 51.0 Å². The van der Waals surface area contributed by atoms with Crippen LogP contribution in [0.3, 0.4) is 0 Å². The molecule has 1 saturated heterocycles. The number of nitrogens with one attached hydrogen (secondary N) is 1. The number of imidazole rings is 1. The molecule has 2 heterocycles. The number of halogens is 1. The van der Waals surface area contributed by atoms with Crippen molar-refractivity contribution in [1.82, 2.24) is 14.5 Å². The Bertz CT molecular complexity index is 638. The third kappa shape index (κ3) is 2.30. The number of rotatable bonds is 2. The first kappa shape index (κ1) is 12.4. The van der Waals surface area contributed by atoms with Crippen molar-refractivity contribution < 1.29 is 4.39 Å². The molecule has 1 fully saturated rings. The first-order chi connectivity index (χ1) is 9.15. The van der Waals surface area contributed by atoms with Crippen LogP contribution in [0.1, 0.15) is 12.8 Å². The van der Waals surface area contributed by atoms with Crippen molar-refractivity contribution in [2.45, 2.75) is 19.4 Å². The van der Waals surface area contributed by atoms with Gasteiger partial charge in [0.1, 0.15) is 11.3 Å². The molecule has 4 nitrogen and oxygen atoms in total. The van der Waals surface area contributed by atoms with Gasteiger partial charge in [-0.15, -0.1) is 0 Å². The maximum absolute atomic E-state index is 13.9. The number of aromatic amines is 1. The van der Waals surface area contributed by atoms with E-state index in [1.54, 1.807) is 16.7 Å². The summed E-state index contributed by atoms with van der Waals surface area (Å²) in [5.41, 5.74) is 0.781. The number of benzene rings is 1. The molecule has 0 unspecified atom stereocenters. The molecule has 0 radical (unpaired) electrons. The monoisotopic (exact) mass is 263 g/mol. The molecule has 1 aliphatic rings. The van der Waals surface area contributed by atoms with Crippen LogP contribution in [0.5, 0.6) is 0 Å². The summed E-state index contributed by atoms with van der Waals surface area (Å²) in [7, 11) is 2.10. The maximum atomic E-state index is 13.9. The molecule has 1 aromatic heterocycles. The van der Waals surface area contributed by atoms with Gasteiger partial charge in [0.15, 0.2) is 0 Å². The summed E-state index contributed by atoms with van der Waals surface area (Å²) >= 11 is 0. The van der Waals surface area contributed by atoms with Crippen LogP contribution in [0.4, 0.5) is 4.39 Å². The maximum Gasteiger partial charge on any atom is 0.326 e. The third-order valence-electron chi connectivity index (χ3n) is 4.02. The van der Waals surface area contributed by atoms with Gasteiger partial charge in [-0.3, -0.25) is 4.57 Å². The Morgan fingerprint density at radius 2 is 2.11 bits per heavy atom. The van der Waals surface area contributed by atoms with Crippen molar-refractivity contribution in [3.8, 4) is 0 Å². The number of aromatic nitrogens is 2. The normalized spacial score (nSPS) is 18.2. The number of likely N-dealkylation sites (tertiary alicyclic amines) is 1. The van der Waals surface area contributed by atoms with E-state index in [-0.39, 0.29) is 11.5 Å². The number of nitrogens with zero attached hydrogens (tertiary/aromatic N) is 2. The Labute approximate surface area is 110 Å². The first-order valence-corrected chi connectivity index (χ1v) is 6.70. The molecule has 0 amide bonds. The van der Waals surface area contributed by atoms with E-state index in [1.165, 1.54) is 6.07 Å². The Morgan fingerprint density at radius 1 is 1.37 bits per heavy atom. The summed E-state index contributed by atoms with van der Waals surface area (Å²) in [6.07, 6.45) is 2.12. The molecule has 0 bridgehead atoms. The van der Waals surface area contributed by atoms with Gasteiger partial charge >= 0.3 is 5.69 Å². The largest absolute Gasteiger partial charge is 0.326 e. The van der Waals surface area contributed by atoms with E-state index >= 15 is 0 Å². The van der Waals surface area contributed by atoms with Crippen LogP contribution in [0.25, 0.3) is 11.0 Å². The second-order valence-corrected chi connectivity index (χ2v) is 5.42. The number of H-pyrrole nitrogens is 1. The summed E-state index contributed by atoms with van der Waals surface area (Å²) in [4.78, 5) is 17.0. The van der Waals surface area contributed by atoms with Crippen LogP contribution in [0.15, 0.2) is 23.0 Å². The van der Waals surface area contributed by atoms with Gasteiger partial charge in [0.25, 0.3) is 0 Å². The van der Waals surface area contributed by atoms with Crippen molar-refractivity contribution in [1.29, 1.82) is 0 Å². The minimum Gasteiger partial charge on any atom is -0.306 e. The summed E-state index contributed by atoms with van der Waals surface area (Å²) in [6.45, 7) is 2.70. The molecule has 1 aromatic carbocycles. The minimum atomic E-state index is -0.330. The van der Waals surface area contributed by atoms with E-state index < -0.39 is 0 Å². The van der Waals surface area contributed by atoms with Crippen LogP contribution in [-0.4, -0.2) is 34.6 Å². The van der Waals surface area contributed by atoms with Crippen molar-refractivity contribution in [3.63, 3.8) is 0 Å². The summed E-state index contributed by atoms with van der Waals surface area (Å²) in [5, 5.41) is 0. The zero-order valence-electron chi connectivity index (χ0n) is 11.0. The quantitative estimate of drug-likeness (QED) is 0.897. The van der Waals surface area contributed by atoms with Crippen molar-refractivity contribution in [2.75, 3.05) is 20.1 Å². The van der Waals surface area contributed by atoms with E-state index in [1.807, 2.05) is 0 Å². The highest BCUT2D eigenvalue weighted by Crippen LogP contribution is 2.21. The van der Waals surface area contributed by atoms with Gasteiger partial charge in [0.05, 0.1) is 5.52 Å². The fourth-order valence-corrected chi connectivity index (χ4v) is 2.85. The lowest BCUT2D eigenvalue weighted by Gasteiger charge is -2.29. The number of hydrogen-bond acceptors (Lipinski definition) is 2. The van der Waals surface area contributed by atoms with E-state index in [4.69, 9.17) is 0 Å². The summed E-state index contributed by atoms with van der Waals surface area (Å²) in [5.74, 6) is 0.122. The van der Waals surface area contributed by atoms with Crippen LogP contribution >= 0.6 is 0 Å². The summed E-state index contributed by atoms with van der Waals surface area (Å²) < 4.78 is 15.4. The standard InChI is InChI=1S/C14H18FN3O/c1-17-7-5-10(6-8-17)9-18-13-11(15)3-2-4-12(13)16-14(18)19/h2-4,10H,5-9H2,1H3,(H,16,19). The smallest absolute Gasteiger partial charge is 0.306 e. The SMILES string of the molecule is CN1CCC(Cn2c(=O)[nH]c3cccc(F)c32)CC1. The predicted octanol–water partition coefficient (Wildman–Crippen LogP) is 1.81. The second-order valence-electron chi connectivity index (χ2n) is 5.42. The Balaban J connectivity index is 1.92. The molecule has 102 valence electrons. The summed E-state index contributed by atoms with van der Waals surface area (Å²) in [6, 6.07) is 4.76. The van der Waals surface area contributed by atoms with Gasteiger partial charge in [0, 0.05) is 6.54 Å². The van der Waals surface area contributed by atoms with Gasteiger partial charge in [-0.2, -0.15) is 0 Å². The molecule has 0 atom stereocenters. The number of piperidine rings is 1. The molecular weight excluding hydrogens is 245 g/mol. The number of para-hydroxylation sites is 1. The minimum absolute atomic E-state index is 0.209. The molecular formula is C14H18FN3O. The topological polar surface area (TPSA) is 41.0 Å². The average molecular weight is 263 g/mol. The Morgan fingerprint density at radius 3 is 2.84 bits per heavy atom. The van der Waals surface area contributed by atoms with Crippen LogP contribution in [0.2, 0.25) is 0 Å². The van der Waals surface area contributed by atoms with Gasteiger partial charge in [-0.25, -0.2) is 9.18 Å². The average Bonchev–Trinajstić information content (AvgIpc) is 2.70. The Kier molecular flexibility index (Phi) is 3.14. The molecule has 19 heavy (non-hydrogen) atoms. The second kappa shape index (κ2) is 4.81. The lowest BCUT2D eigenvalue weighted by molar-refractivity contribution is 0.205. The molecule has 2 aromatic rings. The molecule has 0 spiro atoms. The Hall–Kier alpha value is -1.62. The van der Waals surface area contributed by atoms with Crippen molar-refractivity contribution in [2.24, 2.45) is 5.92 Å². The highest BCUT2D eigenvalue weighted by atomic mass is 19.1. The van der Waals surface area contributed by atoms with E-state index in [9.17, 15) is 9.18 Å². The highest BCUT2D eigenvalue weighted by molar-refractivity contribution is 5.75. The third-order valence-corrected chi connectivity index (χ3v) is 4.02. The molecule has 5 heteroatoms. The highest BCUT2D eigenvalue weighted by Gasteiger charge is 2.20. The molecule has 3 rings (SSSR count). The lowest BCUT2D eigenvalue weighted by Crippen LogP contribution is -2.33. The predicted molar refractivity (Wildman–Crippen MR) is 72.7 cm³/mol. The fraction of sp³-hybridized carbons (Fsp3) is 0.500. The van der Waals surface area contributed by atoms with E-state index in [2.05, 4.69) is 16.9 Å². The van der Waals surface area contributed by atoms with Crippen LogP contribution in [0, 0.1) is 11.7 Å². The van der Waals surface area contributed by atoms with Crippen molar-refractivity contribution >= 4 is 11.0 Å². The van der Waals surface area contributed by atoms with Crippen LogP contribution in [-0.2, 0) is 6.54 Å². The zero-order chi connectivity index (χ0) is 13.4. The zero-order valence-corrected chi connectivity index (χ0v) is 11.0. The molecule has 1 aliphatic heterocycles. The molecule has 0 aliphatic carbocycles. The van der Waals surface area contributed by atoms with Crippen molar-refractivity contribution in [3.05, 3.63) is 34.5 Å². The number of fused-ring (bicyclic) bond motifs is 1. The van der Waals surface area contributed by atoms with E-state index in [0.717, 1.165) is 25.9 Å². The number of hydrogen-bond donors (Lipinski definition) is 1. The van der Waals surface area contributed by atoms with Gasteiger partial charge in [0.2, 0.25) is 0 Å².